The van der Waals surface area contributed by atoms with E-state index in [1.807, 2.05) is 18.1 Å². The van der Waals surface area contributed by atoms with Crippen LogP contribution >= 0.6 is 11.8 Å². The van der Waals surface area contributed by atoms with E-state index in [0.717, 1.165) is 24.5 Å². The molecule has 0 aliphatic rings. The average Bonchev–Trinajstić information content (AvgIpc) is 2.59. The Labute approximate surface area is 90.3 Å². The van der Waals surface area contributed by atoms with Crippen LogP contribution in [-0.4, -0.2) is 27.6 Å². The lowest BCUT2D eigenvalue weighted by Gasteiger charge is -2.04. The number of rotatable bonds is 6. The van der Waals surface area contributed by atoms with Gasteiger partial charge in [-0.3, -0.25) is 0 Å². The maximum absolute atomic E-state index is 4.33. The van der Waals surface area contributed by atoms with Crippen LogP contribution in [0.15, 0.2) is 12.5 Å². The summed E-state index contributed by atoms with van der Waals surface area (Å²) >= 11 is 1.86. The van der Waals surface area contributed by atoms with Crippen molar-refractivity contribution in [2.45, 2.75) is 33.0 Å². The van der Waals surface area contributed by atoms with Crippen LogP contribution in [0.25, 0.3) is 0 Å². The number of nitrogens with one attached hydrogen (secondary N) is 1. The first kappa shape index (κ1) is 11.6. The molecule has 0 saturated heterocycles. The topological polar surface area (TPSA) is 29.9 Å². The number of imidazole rings is 1. The molecule has 80 valence electrons. The van der Waals surface area contributed by atoms with E-state index in [1.165, 1.54) is 0 Å². The van der Waals surface area contributed by atoms with Gasteiger partial charge in [0.2, 0.25) is 0 Å². The summed E-state index contributed by atoms with van der Waals surface area (Å²) in [4.78, 5) is 4.33. The van der Waals surface area contributed by atoms with E-state index < -0.39 is 0 Å². The highest BCUT2D eigenvalue weighted by atomic mass is 32.2. The van der Waals surface area contributed by atoms with Gasteiger partial charge >= 0.3 is 0 Å². The Balaban J connectivity index is 2.35. The average molecular weight is 213 g/mol. The third kappa shape index (κ3) is 4.15. The summed E-state index contributed by atoms with van der Waals surface area (Å²) < 4.78 is 2.15. The van der Waals surface area contributed by atoms with E-state index in [1.54, 1.807) is 0 Å². The number of aromatic nitrogens is 2. The van der Waals surface area contributed by atoms with Crippen LogP contribution in [0.4, 0.5) is 0 Å². The predicted molar refractivity (Wildman–Crippen MR) is 62.6 cm³/mol. The quantitative estimate of drug-likeness (QED) is 0.780. The molecule has 0 fully saturated rings. The van der Waals surface area contributed by atoms with E-state index in [4.69, 9.17) is 0 Å². The van der Waals surface area contributed by atoms with Crippen molar-refractivity contribution in [2.75, 3.05) is 12.0 Å². The summed E-state index contributed by atoms with van der Waals surface area (Å²) in [6, 6.07) is 0.520. The van der Waals surface area contributed by atoms with Crippen molar-refractivity contribution in [3.8, 4) is 0 Å². The van der Waals surface area contributed by atoms with Gasteiger partial charge in [0.05, 0.1) is 12.0 Å². The maximum Gasteiger partial charge on any atom is 0.0950 e. The number of nitrogens with zero attached hydrogens (tertiary/aromatic N) is 2. The normalized spacial score (nSPS) is 11.1. The van der Waals surface area contributed by atoms with Crippen LogP contribution < -0.4 is 5.32 Å². The fourth-order valence-electron chi connectivity index (χ4n) is 1.13. The van der Waals surface area contributed by atoms with Crippen molar-refractivity contribution >= 4 is 11.8 Å². The van der Waals surface area contributed by atoms with Crippen molar-refractivity contribution < 1.29 is 0 Å². The second kappa shape index (κ2) is 6.09. The molecule has 0 saturated carbocycles. The largest absolute Gasteiger partial charge is 0.336 e. The molecule has 0 aliphatic carbocycles. The summed E-state index contributed by atoms with van der Waals surface area (Å²) in [5, 5.41) is 3.35. The van der Waals surface area contributed by atoms with Crippen molar-refractivity contribution in [1.29, 1.82) is 0 Å². The Kier molecular flexibility index (Phi) is 5.04. The van der Waals surface area contributed by atoms with Crippen molar-refractivity contribution in [2.24, 2.45) is 0 Å². The van der Waals surface area contributed by atoms with Crippen LogP contribution in [0, 0.1) is 0 Å². The highest BCUT2D eigenvalue weighted by molar-refractivity contribution is 7.98. The molecule has 0 aromatic carbocycles. The lowest BCUT2D eigenvalue weighted by Crippen LogP contribution is -2.21. The number of aryl methyl sites for hydroxylation is 1. The molecule has 0 amide bonds. The third-order valence-electron chi connectivity index (χ3n) is 1.93. The van der Waals surface area contributed by atoms with Crippen molar-refractivity contribution in [3.63, 3.8) is 0 Å². The minimum Gasteiger partial charge on any atom is -0.336 e. The number of hydrogen-bond donors (Lipinski definition) is 1. The predicted octanol–water partition coefficient (Wildman–Crippen LogP) is 1.74. The molecular formula is C10H19N3S. The van der Waals surface area contributed by atoms with Crippen molar-refractivity contribution in [3.05, 3.63) is 18.2 Å². The Morgan fingerprint density at radius 3 is 3.00 bits per heavy atom. The first-order chi connectivity index (χ1) is 6.72. The van der Waals surface area contributed by atoms with Gasteiger partial charge in [0.15, 0.2) is 0 Å². The first-order valence-electron chi connectivity index (χ1n) is 4.95. The molecule has 14 heavy (non-hydrogen) atoms. The molecule has 3 nitrogen and oxygen atoms in total. The second-order valence-electron chi connectivity index (χ2n) is 3.63. The molecule has 0 radical (unpaired) electrons. The van der Waals surface area contributed by atoms with Crippen LogP contribution in [-0.2, 0) is 13.1 Å². The van der Waals surface area contributed by atoms with Crippen LogP contribution in [0.1, 0.15) is 19.5 Å². The summed E-state index contributed by atoms with van der Waals surface area (Å²) in [5.74, 6) is 1.15. The number of hydrogen-bond acceptors (Lipinski definition) is 3. The van der Waals surface area contributed by atoms with Crippen LogP contribution in [0.5, 0.6) is 0 Å². The molecule has 0 unspecified atom stereocenters. The zero-order valence-electron chi connectivity index (χ0n) is 9.16. The fourth-order valence-corrected chi connectivity index (χ4v) is 1.52. The van der Waals surface area contributed by atoms with Crippen molar-refractivity contribution in [1.82, 2.24) is 14.9 Å². The third-order valence-corrected chi connectivity index (χ3v) is 2.52. The molecule has 1 heterocycles. The first-order valence-corrected chi connectivity index (χ1v) is 6.34. The SMILES string of the molecule is CSCCn1cnc(CNC(C)C)c1. The molecule has 1 aromatic heterocycles. The Morgan fingerprint density at radius 2 is 2.36 bits per heavy atom. The van der Waals surface area contributed by atoms with Gasteiger partial charge < -0.3 is 9.88 Å². The molecule has 4 heteroatoms. The van der Waals surface area contributed by atoms with Gasteiger partial charge in [-0.15, -0.1) is 0 Å². The standard InChI is InChI=1S/C10H19N3S/c1-9(2)11-6-10-7-13(8-12-10)4-5-14-3/h7-9,11H,4-6H2,1-3H3. The van der Waals surface area contributed by atoms with E-state index in [2.05, 4.69) is 41.2 Å². The molecule has 0 spiro atoms. The minimum atomic E-state index is 0.520. The lowest BCUT2D eigenvalue weighted by atomic mass is 10.3. The van der Waals surface area contributed by atoms with E-state index in [0.29, 0.717) is 6.04 Å². The summed E-state index contributed by atoms with van der Waals surface area (Å²) in [6.45, 7) is 6.20. The molecule has 1 rings (SSSR count). The number of thioether (sulfide) groups is 1. The highest BCUT2D eigenvalue weighted by Gasteiger charge is 1.99. The van der Waals surface area contributed by atoms with E-state index in [9.17, 15) is 0 Å². The molecule has 0 aliphatic heterocycles. The minimum absolute atomic E-state index is 0.520. The molecule has 1 N–H and O–H groups in total. The van der Waals surface area contributed by atoms with E-state index >= 15 is 0 Å². The van der Waals surface area contributed by atoms with Gasteiger partial charge in [-0.1, -0.05) is 13.8 Å². The van der Waals surface area contributed by atoms with Gasteiger partial charge in [0, 0.05) is 31.1 Å². The Bertz CT molecular complexity index is 258. The Morgan fingerprint density at radius 1 is 1.57 bits per heavy atom. The van der Waals surface area contributed by atoms with Gasteiger partial charge in [-0.2, -0.15) is 11.8 Å². The summed E-state index contributed by atoms with van der Waals surface area (Å²) in [7, 11) is 0. The Hall–Kier alpha value is -0.480. The van der Waals surface area contributed by atoms with Gasteiger partial charge in [-0.25, -0.2) is 4.98 Å². The van der Waals surface area contributed by atoms with Gasteiger partial charge in [0.1, 0.15) is 0 Å². The van der Waals surface area contributed by atoms with E-state index in [-0.39, 0.29) is 0 Å². The highest BCUT2D eigenvalue weighted by Crippen LogP contribution is 1.99. The summed E-state index contributed by atoms with van der Waals surface area (Å²) in [6.07, 6.45) is 6.15. The zero-order valence-corrected chi connectivity index (χ0v) is 9.97. The van der Waals surface area contributed by atoms with Gasteiger partial charge in [0.25, 0.3) is 0 Å². The zero-order chi connectivity index (χ0) is 10.4. The molecule has 0 atom stereocenters. The molecular weight excluding hydrogens is 194 g/mol. The maximum atomic E-state index is 4.33. The summed E-state index contributed by atoms with van der Waals surface area (Å²) in [5.41, 5.74) is 1.12. The fraction of sp³-hybridized carbons (Fsp3) is 0.700. The monoisotopic (exact) mass is 213 g/mol. The molecule has 1 aromatic rings. The lowest BCUT2D eigenvalue weighted by molar-refractivity contribution is 0.582. The second-order valence-corrected chi connectivity index (χ2v) is 4.62. The smallest absolute Gasteiger partial charge is 0.0950 e. The van der Waals surface area contributed by atoms with Gasteiger partial charge in [-0.05, 0) is 6.26 Å². The van der Waals surface area contributed by atoms with Crippen LogP contribution in [0.2, 0.25) is 0 Å². The van der Waals surface area contributed by atoms with Crippen LogP contribution in [0.3, 0.4) is 0 Å². The molecule has 0 bridgehead atoms.